The minimum Gasteiger partial charge on any atom is -0.480 e. The second kappa shape index (κ2) is 5.37. The smallest absolute Gasteiger partial charge is 0.471 e. The van der Waals surface area contributed by atoms with Gasteiger partial charge in [0.2, 0.25) is 0 Å². The topological polar surface area (TPSA) is 57.6 Å². The van der Waals surface area contributed by atoms with Gasteiger partial charge in [-0.25, -0.2) is 0 Å². The van der Waals surface area contributed by atoms with Gasteiger partial charge in [-0.3, -0.25) is 9.59 Å². The van der Waals surface area contributed by atoms with Crippen LogP contribution in [0.15, 0.2) is 0 Å². The zero-order chi connectivity index (χ0) is 13.1. The molecule has 0 heterocycles. The van der Waals surface area contributed by atoms with Crippen LogP contribution in [0.25, 0.3) is 0 Å². The lowest BCUT2D eigenvalue weighted by atomic mass is 9.94. The number of carboxylic acid groups (broad SMARTS) is 1. The summed E-state index contributed by atoms with van der Waals surface area (Å²) in [6.07, 6.45) is -1.76. The van der Waals surface area contributed by atoms with Crippen molar-refractivity contribution in [2.75, 3.05) is 6.54 Å². The molecule has 0 saturated heterocycles. The van der Waals surface area contributed by atoms with Gasteiger partial charge in [0.1, 0.15) is 6.54 Å². The van der Waals surface area contributed by atoms with Crippen LogP contribution in [0.4, 0.5) is 13.2 Å². The van der Waals surface area contributed by atoms with E-state index in [1.54, 1.807) is 0 Å². The molecule has 0 unspecified atom stereocenters. The second-order valence-electron chi connectivity index (χ2n) is 4.12. The van der Waals surface area contributed by atoms with Crippen LogP contribution in [-0.4, -0.2) is 40.6 Å². The molecule has 0 bridgehead atoms. The number of rotatable bonds is 3. The van der Waals surface area contributed by atoms with Crippen LogP contribution in [0, 0.1) is 0 Å². The number of hydrogen-bond acceptors (Lipinski definition) is 2. The summed E-state index contributed by atoms with van der Waals surface area (Å²) in [7, 11) is 0. The van der Waals surface area contributed by atoms with Crippen LogP contribution >= 0.6 is 0 Å². The minimum atomic E-state index is -5.01. The fourth-order valence-corrected chi connectivity index (χ4v) is 2.07. The molecule has 1 N–H and O–H groups in total. The molecule has 1 saturated carbocycles. The maximum Gasteiger partial charge on any atom is 0.471 e. The fraction of sp³-hybridized carbons (Fsp3) is 0.800. The molecule has 0 aromatic rings. The molecule has 17 heavy (non-hydrogen) atoms. The lowest BCUT2D eigenvalue weighted by Gasteiger charge is -2.33. The van der Waals surface area contributed by atoms with Gasteiger partial charge in [0.05, 0.1) is 0 Å². The Kier molecular flexibility index (Phi) is 4.36. The van der Waals surface area contributed by atoms with Crippen molar-refractivity contribution >= 4 is 11.9 Å². The Hall–Kier alpha value is -1.27. The van der Waals surface area contributed by atoms with Crippen molar-refractivity contribution in [3.63, 3.8) is 0 Å². The molecular formula is C10H14F3NO3. The zero-order valence-electron chi connectivity index (χ0n) is 9.16. The van der Waals surface area contributed by atoms with Gasteiger partial charge < -0.3 is 10.0 Å². The third-order valence-corrected chi connectivity index (χ3v) is 2.82. The van der Waals surface area contributed by atoms with Crippen molar-refractivity contribution in [3.8, 4) is 0 Å². The Morgan fingerprint density at radius 2 is 1.71 bits per heavy atom. The minimum absolute atomic E-state index is 0.440. The molecule has 1 rings (SSSR count). The molecule has 1 aliphatic rings. The summed E-state index contributed by atoms with van der Waals surface area (Å²) in [5.41, 5.74) is 0. The standard InChI is InChI=1S/C10H14F3NO3/c11-10(12,13)9(17)14(6-8(15)16)7-4-2-1-3-5-7/h7H,1-6H2,(H,15,16). The summed E-state index contributed by atoms with van der Waals surface area (Å²) < 4.78 is 37.0. The third-order valence-electron chi connectivity index (χ3n) is 2.82. The Labute approximate surface area is 96.4 Å². The number of alkyl halides is 3. The van der Waals surface area contributed by atoms with E-state index in [-0.39, 0.29) is 0 Å². The number of hydrogen-bond donors (Lipinski definition) is 1. The van der Waals surface area contributed by atoms with Crippen molar-refractivity contribution in [2.24, 2.45) is 0 Å². The first-order valence-electron chi connectivity index (χ1n) is 5.42. The summed E-state index contributed by atoms with van der Waals surface area (Å²) in [6.45, 7) is -0.886. The van der Waals surface area contributed by atoms with Crippen molar-refractivity contribution in [2.45, 2.75) is 44.3 Å². The van der Waals surface area contributed by atoms with Gasteiger partial charge in [0, 0.05) is 6.04 Å². The highest BCUT2D eigenvalue weighted by atomic mass is 19.4. The van der Waals surface area contributed by atoms with Gasteiger partial charge in [-0.05, 0) is 12.8 Å². The van der Waals surface area contributed by atoms with Gasteiger partial charge >= 0.3 is 18.1 Å². The normalized spacial score (nSPS) is 17.8. The van der Waals surface area contributed by atoms with Crippen LogP contribution in [0.1, 0.15) is 32.1 Å². The average molecular weight is 253 g/mol. The van der Waals surface area contributed by atoms with E-state index < -0.39 is 30.6 Å². The first kappa shape index (κ1) is 13.8. The molecule has 4 nitrogen and oxygen atoms in total. The quantitative estimate of drug-likeness (QED) is 0.834. The summed E-state index contributed by atoms with van der Waals surface area (Å²) >= 11 is 0. The van der Waals surface area contributed by atoms with E-state index in [1.165, 1.54) is 0 Å². The van der Waals surface area contributed by atoms with Crippen LogP contribution in [0.3, 0.4) is 0 Å². The largest absolute Gasteiger partial charge is 0.480 e. The molecule has 0 aromatic heterocycles. The molecule has 1 aliphatic carbocycles. The third kappa shape index (κ3) is 3.90. The molecular weight excluding hydrogens is 239 g/mol. The first-order chi connectivity index (χ1) is 7.82. The van der Waals surface area contributed by atoms with E-state index in [9.17, 15) is 22.8 Å². The zero-order valence-corrected chi connectivity index (χ0v) is 9.16. The van der Waals surface area contributed by atoms with Crippen molar-refractivity contribution in [1.29, 1.82) is 0 Å². The Morgan fingerprint density at radius 3 is 2.12 bits per heavy atom. The second-order valence-corrected chi connectivity index (χ2v) is 4.12. The molecule has 98 valence electrons. The highest BCUT2D eigenvalue weighted by Gasteiger charge is 2.45. The molecule has 7 heteroatoms. The summed E-state index contributed by atoms with van der Waals surface area (Å²) in [4.78, 5) is 22.1. The number of carboxylic acids is 1. The number of carbonyl (C=O) groups is 2. The molecule has 0 radical (unpaired) electrons. The van der Waals surface area contributed by atoms with Crippen LogP contribution < -0.4 is 0 Å². The maximum atomic E-state index is 12.3. The number of carbonyl (C=O) groups excluding carboxylic acids is 1. The number of aliphatic carboxylic acids is 1. The van der Waals surface area contributed by atoms with Crippen LogP contribution in [-0.2, 0) is 9.59 Å². The molecule has 0 aromatic carbocycles. The number of amides is 1. The predicted molar refractivity (Wildman–Crippen MR) is 52.3 cm³/mol. The Bertz CT molecular complexity index is 298. The Balaban J connectivity index is 2.78. The first-order valence-corrected chi connectivity index (χ1v) is 5.42. The lowest BCUT2D eigenvalue weighted by Crippen LogP contribution is -2.49. The molecule has 1 amide bonds. The van der Waals surface area contributed by atoms with E-state index in [4.69, 9.17) is 5.11 Å². The van der Waals surface area contributed by atoms with Gasteiger partial charge in [0.25, 0.3) is 0 Å². The van der Waals surface area contributed by atoms with Gasteiger partial charge in [-0.2, -0.15) is 13.2 Å². The van der Waals surface area contributed by atoms with E-state index in [0.717, 1.165) is 19.3 Å². The monoisotopic (exact) mass is 253 g/mol. The lowest BCUT2D eigenvalue weighted by molar-refractivity contribution is -0.189. The average Bonchev–Trinajstić information content (AvgIpc) is 2.24. The Morgan fingerprint density at radius 1 is 1.18 bits per heavy atom. The van der Waals surface area contributed by atoms with Crippen LogP contribution in [0.5, 0.6) is 0 Å². The fourth-order valence-electron chi connectivity index (χ4n) is 2.07. The van der Waals surface area contributed by atoms with Crippen molar-refractivity contribution in [1.82, 2.24) is 4.90 Å². The van der Waals surface area contributed by atoms with Gasteiger partial charge in [-0.15, -0.1) is 0 Å². The number of nitrogens with zero attached hydrogens (tertiary/aromatic N) is 1. The highest BCUT2D eigenvalue weighted by molar-refractivity contribution is 5.85. The predicted octanol–water partition coefficient (Wildman–Crippen LogP) is 1.79. The van der Waals surface area contributed by atoms with Crippen molar-refractivity contribution in [3.05, 3.63) is 0 Å². The van der Waals surface area contributed by atoms with Gasteiger partial charge in [0.15, 0.2) is 0 Å². The summed E-state index contributed by atoms with van der Waals surface area (Å²) in [6, 6.07) is -0.603. The van der Waals surface area contributed by atoms with Crippen LogP contribution in [0.2, 0.25) is 0 Å². The van der Waals surface area contributed by atoms with E-state index >= 15 is 0 Å². The number of halogens is 3. The molecule has 0 spiro atoms. The molecule has 0 atom stereocenters. The highest BCUT2D eigenvalue weighted by Crippen LogP contribution is 2.27. The molecule has 1 fully saturated rings. The van der Waals surface area contributed by atoms with Crippen molar-refractivity contribution < 1.29 is 27.9 Å². The summed E-state index contributed by atoms with van der Waals surface area (Å²) in [5, 5.41) is 8.57. The van der Waals surface area contributed by atoms with E-state index in [2.05, 4.69) is 0 Å². The molecule has 0 aliphatic heterocycles. The maximum absolute atomic E-state index is 12.3. The van der Waals surface area contributed by atoms with E-state index in [0.29, 0.717) is 17.7 Å². The van der Waals surface area contributed by atoms with Gasteiger partial charge in [-0.1, -0.05) is 19.3 Å². The van der Waals surface area contributed by atoms with E-state index in [1.807, 2.05) is 0 Å². The summed E-state index contributed by atoms with van der Waals surface area (Å²) in [5.74, 6) is -3.47. The SMILES string of the molecule is O=C(O)CN(C(=O)C(F)(F)F)C1CCCCC1.